The normalized spacial score (nSPS) is 12.1. The monoisotopic (exact) mass is 300 g/mol. The summed E-state index contributed by atoms with van der Waals surface area (Å²) in [6.45, 7) is 5.76. The van der Waals surface area contributed by atoms with Crippen molar-refractivity contribution in [3.8, 4) is 0 Å². The molecule has 0 bridgehead atoms. The molecule has 2 N–H and O–H groups in total. The van der Waals surface area contributed by atoms with Gasteiger partial charge in [0, 0.05) is 13.1 Å². The zero-order valence-electron chi connectivity index (χ0n) is 12.4. The highest BCUT2D eigenvalue weighted by Gasteiger charge is 2.15. The third-order valence-electron chi connectivity index (χ3n) is 3.36. The molecule has 0 saturated carbocycles. The average molecular weight is 300 g/mol. The molecule has 0 amide bonds. The Morgan fingerprint density at radius 2 is 1.95 bits per heavy atom. The molecule has 20 heavy (non-hydrogen) atoms. The number of benzene rings is 1. The maximum Gasteiger partial charge on any atom is 0.240 e. The maximum absolute atomic E-state index is 12.2. The van der Waals surface area contributed by atoms with E-state index in [1.54, 1.807) is 18.2 Å². The zero-order chi connectivity index (χ0) is 15.2. The number of nitrogens with zero attached hydrogens (tertiary/aromatic N) is 1. The Kier molecular flexibility index (Phi) is 6.61. The van der Waals surface area contributed by atoms with E-state index in [1.807, 2.05) is 25.8 Å². The summed E-state index contributed by atoms with van der Waals surface area (Å²) in [5.41, 5.74) is 1.64. The first kappa shape index (κ1) is 17.1. The molecule has 0 atom stereocenters. The fourth-order valence-corrected chi connectivity index (χ4v) is 2.95. The highest BCUT2D eigenvalue weighted by molar-refractivity contribution is 7.89. The number of rotatable bonds is 8. The zero-order valence-corrected chi connectivity index (χ0v) is 13.2. The summed E-state index contributed by atoms with van der Waals surface area (Å²) in [7, 11) is -1.57. The van der Waals surface area contributed by atoms with Gasteiger partial charge in [0.05, 0.1) is 11.5 Å². The lowest BCUT2D eigenvalue weighted by atomic mass is 10.1. The van der Waals surface area contributed by atoms with Crippen molar-refractivity contribution < 1.29 is 13.5 Å². The molecule has 114 valence electrons. The fourth-order valence-electron chi connectivity index (χ4n) is 1.87. The SMILES string of the molecule is CCc1ccc(S(=O)(=O)NCCN(C)CC)cc1CO. The number of hydrogen-bond donors (Lipinski definition) is 2. The van der Waals surface area contributed by atoms with Crippen LogP contribution in [0, 0.1) is 0 Å². The Hall–Kier alpha value is -0.950. The smallest absolute Gasteiger partial charge is 0.240 e. The van der Waals surface area contributed by atoms with Crippen LogP contribution >= 0.6 is 0 Å². The molecule has 0 heterocycles. The first-order valence-electron chi connectivity index (χ1n) is 6.85. The Morgan fingerprint density at radius 3 is 2.50 bits per heavy atom. The highest BCUT2D eigenvalue weighted by Crippen LogP contribution is 2.16. The van der Waals surface area contributed by atoms with Crippen molar-refractivity contribution in [2.75, 3.05) is 26.7 Å². The van der Waals surface area contributed by atoms with E-state index in [1.165, 1.54) is 0 Å². The number of aliphatic hydroxyl groups excluding tert-OH is 1. The molecule has 0 aromatic heterocycles. The van der Waals surface area contributed by atoms with Crippen molar-refractivity contribution in [2.24, 2.45) is 0 Å². The van der Waals surface area contributed by atoms with Crippen LogP contribution in [0.5, 0.6) is 0 Å². The quantitative estimate of drug-likeness (QED) is 0.750. The molecule has 1 aromatic carbocycles. The molecule has 0 spiro atoms. The van der Waals surface area contributed by atoms with Gasteiger partial charge >= 0.3 is 0 Å². The van der Waals surface area contributed by atoms with Gasteiger partial charge in [0.15, 0.2) is 0 Å². The van der Waals surface area contributed by atoms with Gasteiger partial charge in [-0.3, -0.25) is 0 Å². The van der Waals surface area contributed by atoms with Gasteiger partial charge in [-0.1, -0.05) is 19.9 Å². The predicted octanol–water partition coefficient (Wildman–Crippen LogP) is 0.971. The van der Waals surface area contributed by atoms with Crippen molar-refractivity contribution >= 4 is 10.0 Å². The summed E-state index contributed by atoms with van der Waals surface area (Å²) in [6.07, 6.45) is 0.769. The van der Waals surface area contributed by atoms with Crippen LogP contribution in [0.1, 0.15) is 25.0 Å². The first-order chi connectivity index (χ1) is 9.44. The molecule has 0 aliphatic carbocycles. The summed E-state index contributed by atoms with van der Waals surface area (Å²) in [5.74, 6) is 0. The molecule has 0 saturated heterocycles. The van der Waals surface area contributed by atoms with Crippen LogP contribution < -0.4 is 4.72 Å². The molecule has 6 heteroatoms. The summed E-state index contributed by atoms with van der Waals surface area (Å²) in [4.78, 5) is 2.24. The minimum atomic E-state index is -3.51. The van der Waals surface area contributed by atoms with Gasteiger partial charge in [0.1, 0.15) is 0 Å². The van der Waals surface area contributed by atoms with E-state index in [2.05, 4.69) is 4.72 Å². The standard InChI is InChI=1S/C14H24N2O3S/c1-4-12-6-7-14(10-13(12)11-17)20(18,19)15-8-9-16(3)5-2/h6-7,10,15,17H,4-5,8-9,11H2,1-3H3. The molecule has 0 aliphatic rings. The van der Waals surface area contributed by atoms with Gasteiger partial charge in [0.25, 0.3) is 0 Å². The van der Waals surface area contributed by atoms with Gasteiger partial charge in [-0.25, -0.2) is 13.1 Å². The van der Waals surface area contributed by atoms with Crippen LogP contribution in [-0.2, 0) is 23.1 Å². The molecule has 0 aliphatic heterocycles. The van der Waals surface area contributed by atoms with E-state index >= 15 is 0 Å². The van der Waals surface area contributed by atoms with Crippen molar-refractivity contribution in [2.45, 2.75) is 31.8 Å². The molecular formula is C14H24N2O3S. The van der Waals surface area contributed by atoms with Crippen molar-refractivity contribution in [1.29, 1.82) is 0 Å². The molecule has 5 nitrogen and oxygen atoms in total. The van der Waals surface area contributed by atoms with Crippen LogP contribution in [0.4, 0.5) is 0 Å². The van der Waals surface area contributed by atoms with Crippen molar-refractivity contribution in [3.05, 3.63) is 29.3 Å². The Bertz CT molecular complexity index is 529. The van der Waals surface area contributed by atoms with Gasteiger partial charge in [-0.2, -0.15) is 0 Å². The molecule has 0 unspecified atom stereocenters. The largest absolute Gasteiger partial charge is 0.392 e. The van der Waals surface area contributed by atoms with Crippen molar-refractivity contribution in [3.63, 3.8) is 0 Å². The Labute approximate surface area is 121 Å². The Balaban J connectivity index is 2.82. The predicted molar refractivity (Wildman–Crippen MR) is 80.1 cm³/mol. The van der Waals surface area contributed by atoms with Gasteiger partial charge in [-0.15, -0.1) is 0 Å². The second kappa shape index (κ2) is 7.73. The molecular weight excluding hydrogens is 276 g/mol. The summed E-state index contributed by atoms with van der Waals surface area (Å²) < 4.78 is 26.9. The number of aryl methyl sites for hydroxylation is 1. The Morgan fingerprint density at radius 1 is 1.25 bits per heavy atom. The molecule has 1 aromatic rings. The maximum atomic E-state index is 12.2. The van der Waals surface area contributed by atoms with E-state index in [9.17, 15) is 13.5 Å². The third kappa shape index (κ3) is 4.56. The first-order valence-corrected chi connectivity index (χ1v) is 8.33. The van der Waals surface area contributed by atoms with E-state index in [-0.39, 0.29) is 11.5 Å². The van der Waals surface area contributed by atoms with Crippen LogP contribution in [0.15, 0.2) is 23.1 Å². The second-order valence-corrected chi connectivity index (χ2v) is 6.50. The summed E-state index contributed by atoms with van der Waals surface area (Å²) >= 11 is 0. The van der Waals surface area contributed by atoms with Gasteiger partial charge < -0.3 is 10.0 Å². The number of hydrogen-bond acceptors (Lipinski definition) is 4. The fraction of sp³-hybridized carbons (Fsp3) is 0.571. The lowest BCUT2D eigenvalue weighted by Gasteiger charge is -2.15. The number of nitrogens with one attached hydrogen (secondary N) is 1. The summed E-state index contributed by atoms with van der Waals surface area (Å²) in [5, 5.41) is 9.30. The molecule has 1 rings (SSSR count). The minimum Gasteiger partial charge on any atom is -0.392 e. The van der Waals surface area contributed by atoms with Crippen LogP contribution in [0.25, 0.3) is 0 Å². The van der Waals surface area contributed by atoms with Crippen molar-refractivity contribution in [1.82, 2.24) is 9.62 Å². The van der Waals surface area contributed by atoms with Crippen LogP contribution in [0.2, 0.25) is 0 Å². The number of likely N-dealkylation sites (N-methyl/N-ethyl adjacent to an activating group) is 1. The second-order valence-electron chi connectivity index (χ2n) is 4.74. The average Bonchev–Trinajstić information content (AvgIpc) is 2.45. The lowest BCUT2D eigenvalue weighted by Crippen LogP contribution is -2.33. The highest BCUT2D eigenvalue weighted by atomic mass is 32.2. The van der Waals surface area contributed by atoms with Crippen LogP contribution in [0.3, 0.4) is 0 Å². The molecule has 0 radical (unpaired) electrons. The van der Waals surface area contributed by atoms with E-state index < -0.39 is 10.0 Å². The van der Waals surface area contributed by atoms with E-state index in [4.69, 9.17) is 0 Å². The van der Waals surface area contributed by atoms with E-state index in [0.29, 0.717) is 18.7 Å². The molecule has 0 fully saturated rings. The summed E-state index contributed by atoms with van der Waals surface area (Å²) in [6, 6.07) is 4.90. The van der Waals surface area contributed by atoms with Gasteiger partial charge in [-0.05, 0) is 43.3 Å². The van der Waals surface area contributed by atoms with E-state index in [0.717, 1.165) is 18.5 Å². The number of aliphatic hydroxyl groups is 1. The number of sulfonamides is 1. The third-order valence-corrected chi connectivity index (χ3v) is 4.82. The minimum absolute atomic E-state index is 0.148. The van der Waals surface area contributed by atoms with Crippen LogP contribution in [-0.4, -0.2) is 45.1 Å². The topological polar surface area (TPSA) is 69.6 Å². The lowest BCUT2D eigenvalue weighted by molar-refractivity contribution is 0.280. The van der Waals surface area contributed by atoms with Gasteiger partial charge in [0.2, 0.25) is 10.0 Å².